The minimum atomic E-state index is -0.657. The Balaban J connectivity index is 1.69. The number of ether oxygens (including phenoxy) is 2. The summed E-state index contributed by atoms with van der Waals surface area (Å²) >= 11 is 0. The predicted octanol–water partition coefficient (Wildman–Crippen LogP) is 1.96. The topological polar surface area (TPSA) is 76.1 Å². The summed E-state index contributed by atoms with van der Waals surface area (Å²) in [7, 11) is 0. The standard InChI is InChI=1S/C18H23NO5/c1-2-23-17(21)16-13-8-9-15(20)14(13)10-19(16)18(22)24-11-12-6-4-3-5-7-12/h3-7,13-16,20H,2,8-11H2,1H3/t13-,14-,15?,16?/m0/s1. The van der Waals surface area contributed by atoms with E-state index < -0.39 is 24.2 Å². The molecule has 0 radical (unpaired) electrons. The molecule has 4 atom stereocenters. The van der Waals surface area contributed by atoms with Crippen molar-refractivity contribution in [1.29, 1.82) is 0 Å². The van der Waals surface area contributed by atoms with Gasteiger partial charge in [-0.3, -0.25) is 4.90 Å². The van der Waals surface area contributed by atoms with E-state index in [9.17, 15) is 14.7 Å². The molecule has 1 saturated heterocycles. The average Bonchev–Trinajstić information content (AvgIpc) is 3.14. The van der Waals surface area contributed by atoms with Crippen LogP contribution in [-0.2, 0) is 20.9 Å². The third-order valence-electron chi connectivity index (χ3n) is 4.96. The van der Waals surface area contributed by atoms with Crippen molar-refractivity contribution >= 4 is 12.1 Å². The Morgan fingerprint density at radius 3 is 2.62 bits per heavy atom. The van der Waals surface area contributed by atoms with E-state index >= 15 is 0 Å². The number of carbonyl (C=O) groups excluding carboxylic acids is 2. The number of carbonyl (C=O) groups is 2. The van der Waals surface area contributed by atoms with Crippen molar-refractivity contribution in [3.05, 3.63) is 35.9 Å². The summed E-state index contributed by atoms with van der Waals surface area (Å²) in [5, 5.41) is 10.1. The highest BCUT2D eigenvalue weighted by molar-refractivity contribution is 5.82. The van der Waals surface area contributed by atoms with Crippen LogP contribution in [0.4, 0.5) is 4.79 Å². The first-order valence-electron chi connectivity index (χ1n) is 8.43. The maximum atomic E-state index is 12.5. The number of amides is 1. The summed E-state index contributed by atoms with van der Waals surface area (Å²) in [6.45, 7) is 2.50. The molecule has 1 aromatic carbocycles. The van der Waals surface area contributed by atoms with Gasteiger partial charge in [0.1, 0.15) is 12.6 Å². The molecule has 1 amide bonds. The van der Waals surface area contributed by atoms with Gasteiger partial charge < -0.3 is 14.6 Å². The fraction of sp³-hybridized carbons (Fsp3) is 0.556. The van der Waals surface area contributed by atoms with Crippen LogP contribution in [-0.4, -0.2) is 47.4 Å². The molecule has 6 heteroatoms. The van der Waals surface area contributed by atoms with E-state index in [1.807, 2.05) is 30.3 Å². The van der Waals surface area contributed by atoms with Crippen molar-refractivity contribution in [1.82, 2.24) is 4.90 Å². The fourth-order valence-corrected chi connectivity index (χ4v) is 3.82. The summed E-state index contributed by atoms with van der Waals surface area (Å²) in [4.78, 5) is 26.2. The van der Waals surface area contributed by atoms with Crippen LogP contribution in [0.5, 0.6) is 0 Å². The Kier molecular flexibility index (Phi) is 5.04. The van der Waals surface area contributed by atoms with E-state index in [0.717, 1.165) is 12.0 Å². The highest BCUT2D eigenvalue weighted by atomic mass is 16.6. The maximum Gasteiger partial charge on any atom is 0.410 e. The molecule has 1 N–H and O–H groups in total. The van der Waals surface area contributed by atoms with Gasteiger partial charge in [-0.2, -0.15) is 0 Å². The van der Waals surface area contributed by atoms with Gasteiger partial charge in [0.2, 0.25) is 0 Å². The third kappa shape index (κ3) is 3.24. The van der Waals surface area contributed by atoms with E-state index in [0.29, 0.717) is 13.0 Å². The molecule has 1 aliphatic carbocycles. The largest absolute Gasteiger partial charge is 0.464 e. The van der Waals surface area contributed by atoms with Gasteiger partial charge in [0.25, 0.3) is 0 Å². The molecule has 24 heavy (non-hydrogen) atoms. The Bertz CT molecular complexity index is 590. The molecule has 1 aliphatic heterocycles. The monoisotopic (exact) mass is 333 g/mol. The molecule has 0 bridgehead atoms. The Morgan fingerprint density at radius 1 is 1.17 bits per heavy atom. The van der Waals surface area contributed by atoms with Gasteiger partial charge in [-0.05, 0) is 31.2 Å². The molecular weight excluding hydrogens is 310 g/mol. The number of rotatable bonds is 4. The van der Waals surface area contributed by atoms with E-state index in [1.54, 1.807) is 6.92 Å². The Labute approximate surface area is 141 Å². The summed E-state index contributed by atoms with van der Waals surface area (Å²) in [5.41, 5.74) is 0.887. The fourth-order valence-electron chi connectivity index (χ4n) is 3.82. The van der Waals surface area contributed by atoms with Crippen molar-refractivity contribution in [2.24, 2.45) is 11.8 Å². The molecule has 3 rings (SSSR count). The molecule has 130 valence electrons. The minimum Gasteiger partial charge on any atom is -0.464 e. The van der Waals surface area contributed by atoms with Gasteiger partial charge >= 0.3 is 12.1 Å². The Morgan fingerprint density at radius 2 is 1.92 bits per heavy atom. The zero-order chi connectivity index (χ0) is 17.1. The van der Waals surface area contributed by atoms with E-state index in [-0.39, 0.29) is 25.0 Å². The van der Waals surface area contributed by atoms with Crippen LogP contribution in [0.3, 0.4) is 0 Å². The van der Waals surface area contributed by atoms with Crippen molar-refractivity contribution < 1.29 is 24.2 Å². The number of hydrogen-bond donors (Lipinski definition) is 1. The molecule has 0 aromatic heterocycles. The SMILES string of the molecule is CCOC(=O)C1[C@H]2CCC(O)[C@H]2CN1C(=O)OCc1ccccc1. The smallest absolute Gasteiger partial charge is 0.410 e. The van der Waals surface area contributed by atoms with Crippen molar-refractivity contribution in [2.45, 2.75) is 38.5 Å². The van der Waals surface area contributed by atoms with Gasteiger partial charge in [-0.15, -0.1) is 0 Å². The normalized spacial score (nSPS) is 28.5. The molecule has 2 aliphatic rings. The second-order valence-electron chi connectivity index (χ2n) is 6.36. The zero-order valence-electron chi connectivity index (χ0n) is 13.8. The van der Waals surface area contributed by atoms with Crippen molar-refractivity contribution in [3.63, 3.8) is 0 Å². The first-order valence-corrected chi connectivity index (χ1v) is 8.43. The lowest BCUT2D eigenvalue weighted by molar-refractivity contribution is -0.149. The van der Waals surface area contributed by atoms with Gasteiger partial charge in [0.05, 0.1) is 12.7 Å². The molecule has 2 unspecified atom stereocenters. The molecule has 1 saturated carbocycles. The lowest BCUT2D eigenvalue weighted by atomic mass is 9.93. The van der Waals surface area contributed by atoms with E-state index in [4.69, 9.17) is 9.47 Å². The molecule has 1 heterocycles. The summed E-state index contributed by atoms with van der Waals surface area (Å²) in [6.07, 6.45) is 0.382. The van der Waals surface area contributed by atoms with Crippen LogP contribution in [0.25, 0.3) is 0 Å². The first kappa shape index (κ1) is 16.8. The molecule has 1 aromatic rings. The van der Waals surface area contributed by atoms with Crippen LogP contribution >= 0.6 is 0 Å². The quantitative estimate of drug-likeness (QED) is 0.853. The van der Waals surface area contributed by atoms with Crippen LogP contribution in [0.2, 0.25) is 0 Å². The number of fused-ring (bicyclic) bond motifs is 1. The highest BCUT2D eigenvalue weighted by Crippen LogP contribution is 2.43. The Hall–Kier alpha value is -2.08. The number of likely N-dealkylation sites (tertiary alicyclic amines) is 1. The van der Waals surface area contributed by atoms with E-state index in [2.05, 4.69) is 0 Å². The van der Waals surface area contributed by atoms with Gasteiger partial charge in [-0.1, -0.05) is 30.3 Å². The molecule has 6 nitrogen and oxygen atoms in total. The number of hydrogen-bond acceptors (Lipinski definition) is 5. The van der Waals surface area contributed by atoms with Gasteiger partial charge in [0, 0.05) is 12.5 Å². The molecule has 2 fully saturated rings. The second kappa shape index (κ2) is 7.21. The molecular formula is C18H23NO5. The maximum absolute atomic E-state index is 12.5. The van der Waals surface area contributed by atoms with Crippen LogP contribution < -0.4 is 0 Å². The first-order chi connectivity index (χ1) is 11.6. The highest BCUT2D eigenvalue weighted by Gasteiger charge is 2.53. The summed E-state index contributed by atoms with van der Waals surface area (Å²) < 4.78 is 10.5. The average molecular weight is 333 g/mol. The summed E-state index contributed by atoms with van der Waals surface area (Å²) in [6, 6.07) is 8.74. The summed E-state index contributed by atoms with van der Waals surface area (Å²) in [5.74, 6) is -0.539. The second-order valence-corrected chi connectivity index (χ2v) is 6.36. The zero-order valence-corrected chi connectivity index (χ0v) is 13.8. The van der Waals surface area contributed by atoms with Gasteiger partial charge in [-0.25, -0.2) is 9.59 Å². The molecule has 0 spiro atoms. The van der Waals surface area contributed by atoms with Gasteiger partial charge in [0.15, 0.2) is 0 Å². The number of nitrogens with zero attached hydrogens (tertiary/aromatic N) is 1. The lowest BCUT2D eigenvalue weighted by Crippen LogP contribution is -2.44. The number of esters is 1. The number of benzene rings is 1. The van der Waals surface area contributed by atoms with Crippen LogP contribution in [0.1, 0.15) is 25.3 Å². The number of aliphatic hydroxyl groups is 1. The van der Waals surface area contributed by atoms with Crippen molar-refractivity contribution in [2.75, 3.05) is 13.2 Å². The van der Waals surface area contributed by atoms with Crippen molar-refractivity contribution in [3.8, 4) is 0 Å². The number of aliphatic hydroxyl groups excluding tert-OH is 1. The minimum absolute atomic E-state index is 0.0525. The van der Waals surface area contributed by atoms with E-state index in [1.165, 1.54) is 4.90 Å². The predicted molar refractivity (Wildman–Crippen MR) is 86.0 cm³/mol. The van der Waals surface area contributed by atoms with Crippen LogP contribution in [0, 0.1) is 11.8 Å². The third-order valence-corrected chi connectivity index (χ3v) is 4.96. The van der Waals surface area contributed by atoms with Crippen LogP contribution in [0.15, 0.2) is 30.3 Å². The lowest BCUT2D eigenvalue weighted by Gasteiger charge is -2.25.